The van der Waals surface area contributed by atoms with Crippen molar-refractivity contribution in [3.8, 4) is 0 Å². The van der Waals surface area contributed by atoms with Gasteiger partial charge in [-0.25, -0.2) is 12.8 Å². The van der Waals surface area contributed by atoms with Crippen LogP contribution >= 0.6 is 0 Å². The first-order valence-corrected chi connectivity index (χ1v) is 8.69. The van der Waals surface area contributed by atoms with E-state index in [1.165, 1.54) is 12.1 Å². The fourth-order valence-electron chi connectivity index (χ4n) is 2.36. The molecule has 0 aliphatic heterocycles. The number of sulfonamides is 1. The largest absolute Gasteiger partial charge is 0.369 e. The maximum Gasteiger partial charge on any atom is 0.229 e. The van der Waals surface area contributed by atoms with Crippen LogP contribution in [0.2, 0.25) is 0 Å². The molecule has 0 aliphatic carbocycles. The first-order chi connectivity index (χ1) is 10.7. The summed E-state index contributed by atoms with van der Waals surface area (Å²) in [6.07, 6.45) is 0.930. The number of nitrogens with two attached hydrogens (primary N) is 1. The Morgan fingerprint density at radius 1 is 1.17 bits per heavy atom. The zero-order chi connectivity index (χ0) is 17.2. The van der Waals surface area contributed by atoms with Gasteiger partial charge in [0.15, 0.2) is 0 Å². The SMILES string of the molecule is Cc1cccc(C(C(N)=O)c2ccc(NS(C)(=O)=O)c(F)c2)c1. The van der Waals surface area contributed by atoms with E-state index in [0.717, 1.165) is 17.9 Å². The van der Waals surface area contributed by atoms with Gasteiger partial charge < -0.3 is 5.73 Å². The number of benzene rings is 2. The van der Waals surface area contributed by atoms with Crippen molar-refractivity contribution in [3.05, 3.63) is 65.0 Å². The molecule has 0 saturated carbocycles. The number of nitrogens with one attached hydrogen (secondary N) is 1. The molecule has 5 nitrogen and oxygen atoms in total. The van der Waals surface area contributed by atoms with E-state index >= 15 is 0 Å². The minimum absolute atomic E-state index is 0.177. The third-order valence-corrected chi connectivity index (χ3v) is 3.87. The number of carbonyl (C=O) groups is 1. The Hall–Kier alpha value is -2.41. The summed E-state index contributed by atoms with van der Waals surface area (Å²) in [6.45, 7) is 1.88. The molecule has 0 spiro atoms. The van der Waals surface area contributed by atoms with E-state index in [-0.39, 0.29) is 5.69 Å². The average molecular weight is 336 g/mol. The Balaban J connectivity index is 2.45. The fraction of sp³-hybridized carbons (Fsp3) is 0.188. The second-order valence-electron chi connectivity index (χ2n) is 5.36. The van der Waals surface area contributed by atoms with Crippen molar-refractivity contribution in [2.24, 2.45) is 5.73 Å². The van der Waals surface area contributed by atoms with Gasteiger partial charge in [-0.1, -0.05) is 35.9 Å². The molecule has 2 rings (SSSR count). The van der Waals surface area contributed by atoms with Gasteiger partial charge in [0.25, 0.3) is 0 Å². The van der Waals surface area contributed by atoms with Crippen LogP contribution in [0.5, 0.6) is 0 Å². The van der Waals surface area contributed by atoms with Crippen LogP contribution in [0.4, 0.5) is 10.1 Å². The van der Waals surface area contributed by atoms with Crippen LogP contribution in [0, 0.1) is 12.7 Å². The molecular formula is C16H17FN2O3S. The van der Waals surface area contributed by atoms with E-state index in [0.29, 0.717) is 11.1 Å². The number of halogens is 1. The molecule has 2 aromatic rings. The summed E-state index contributed by atoms with van der Waals surface area (Å²) < 4.78 is 38.6. The summed E-state index contributed by atoms with van der Waals surface area (Å²) in [5, 5.41) is 0. The molecule has 23 heavy (non-hydrogen) atoms. The van der Waals surface area contributed by atoms with E-state index in [9.17, 15) is 17.6 Å². The Kier molecular flexibility index (Phi) is 4.70. The van der Waals surface area contributed by atoms with Gasteiger partial charge in [0, 0.05) is 0 Å². The standard InChI is InChI=1S/C16H17FN2O3S/c1-10-4-3-5-11(8-10)15(16(18)20)12-6-7-14(13(17)9-12)19-23(2,21)22/h3-9,15,19H,1-2H3,(H2,18,20). The lowest BCUT2D eigenvalue weighted by Gasteiger charge is -2.16. The minimum Gasteiger partial charge on any atom is -0.369 e. The summed E-state index contributed by atoms with van der Waals surface area (Å²) in [4.78, 5) is 11.8. The average Bonchev–Trinajstić information content (AvgIpc) is 2.40. The van der Waals surface area contributed by atoms with Gasteiger partial charge in [-0.05, 0) is 30.2 Å². The Morgan fingerprint density at radius 3 is 2.35 bits per heavy atom. The van der Waals surface area contributed by atoms with Gasteiger partial charge in [-0.15, -0.1) is 0 Å². The van der Waals surface area contributed by atoms with Crippen molar-refractivity contribution < 1.29 is 17.6 Å². The molecule has 1 atom stereocenters. The monoisotopic (exact) mass is 336 g/mol. The van der Waals surface area contributed by atoms with E-state index in [1.807, 2.05) is 13.0 Å². The second-order valence-corrected chi connectivity index (χ2v) is 7.11. The maximum absolute atomic E-state index is 14.1. The number of amides is 1. The highest BCUT2D eigenvalue weighted by atomic mass is 32.2. The highest BCUT2D eigenvalue weighted by Gasteiger charge is 2.22. The van der Waals surface area contributed by atoms with Crippen molar-refractivity contribution >= 4 is 21.6 Å². The summed E-state index contributed by atoms with van der Waals surface area (Å²) in [5.41, 5.74) is 7.25. The van der Waals surface area contributed by atoms with Crippen molar-refractivity contribution in [1.82, 2.24) is 0 Å². The molecule has 0 aliphatic rings. The van der Waals surface area contributed by atoms with Crippen LogP contribution in [0.25, 0.3) is 0 Å². The summed E-state index contributed by atoms with van der Waals surface area (Å²) in [5.74, 6) is -2.19. The van der Waals surface area contributed by atoms with E-state index < -0.39 is 27.7 Å². The minimum atomic E-state index is -3.59. The number of carbonyl (C=O) groups excluding carboxylic acids is 1. The van der Waals surface area contributed by atoms with Crippen molar-refractivity contribution in [3.63, 3.8) is 0 Å². The van der Waals surface area contributed by atoms with Crippen LogP contribution in [0.3, 0.4) is 0 Å². The van der Waals surface area contributed by atoms with Crippen LogP contribution in [-0.2, 0) is 14.8 Å². The van der Waals surface area contributed by atoms with Crippen molar-refractivity contribution in [2.45, 2.75) is 12.8 Å². The molecule has 3 N–H and O–H groups in total. The molecule has 122 valence electrons. The fourth-order valence-corrected chi connectivity index (χ4v) is 2.93. The summed E-state index contributed by atoms with van der Waals surface area (Å²) in [6, 6.07) is 11.1. The van der Waals surface area contributed by atoms with Gasteiger partial charge in [-0.3, -0.25) is 9.52 Å². The highest BCUT2D eigenvalue weighted by molar-refractivity contribution is 7.92. The second kappa shape index (κ2) is 6.37. The normalized spacial score (nSPS) is 12.7. The molecule has 0 radical (unpaired) electrons. The number of anilines is 1. The van der Waals surface area contributed by atoms with Crippen LogP contribution in [0.1, 0.15) is 22.6 Å². The third kappa shape index (κ3) is 4.29. The topological polar surface area (TPSA) is 89.3 Å². The van der Waals surface area contributed by atoms with Crippen LogP contribution in [0.15, 0.2) is 42.5 Å². The molecule has 0 fully saturated rings. The lowest BCUT2D eigenvalue weighted by Crippen LogP contribution is -2.22. The molecular weight excluding hydrogens is 319 g/mol. The highest BCUT2D eigenvalue weighted by Crippen LogP contribution is 2.28. The number of hydrogen-bond donors (Lipinski definition) is 2. The van der Waals surface area contributed by atoms with Crippen molar-refractivity contribution in [1.29, 1.82) is 0 Å². The van der Waals surface area contributed by atoms with E-state index in [4.69, 9.17) is 5.73 Å². The first kappa shape index (κ1) is 17.0. The van der Waals surface area contributed by atoms with Crippen LogP contribution in [-0.4, -0.2) is 20.6 Å². The van der Waals surface area contributed by atoms with Crippen molar-refractivity contribution in [2.75, 3.05) is 11.0 Å². The lowest BCUT2D eigenvalue weighted by molar-refractivity contribution is -0.118. The quantitative estimate of drug-likeness (QED) is 0.876. The van der Waals surface area contributed by atoms with Crippen LogP contribution < -0.4 is 10.5 Å². The van der Waals surface area contributed by atoms with Gasteiger partial charge in [-0.2, -0.15) is 0 Å². The Morgan fingerprint density at radius 2 is 1.83 bits per heavy atom. The number of hydrogen-bond acceptors (Lipinski definition) is 3. The van der Waals surface area contributed by atoms with Gasteiger partial charge in [0.1, 0.15) is 5.82 Å². The summed E-state index contributed by atoms with van der Waals surface area (Å²) in [7, 11) is -3.59. The first-order valence-electron chi connectivity index (χ1n) is 6.80. The van der Waals surface area contributed by atoms with E-state index in [2.05, 4.69) is 4.72 Å². The molecule has 0 bridgehead atoms. The molecule has 1 amide bonds. The zero-order valence-electron chi connectivity index (χ0n) is 12.7. The van der Waals surface area contributed by atoms with Gasteiger partial charge >= 0.3 is 0 Å². The predicted molar refractivity (Wildman–Crippen MR) is 87.1 cm³/mol. The Bertz CT molecular complexity index is 850. The lowest BCUT2D eigenvalue weighted by atomic mass is 9.89. The van der Waals surface area contributed by atoms with E-state index in [1.54, 1.807) is 18.2 Å². The summed E-state index contributed by atoms with van der Waals surface area (Å²) >= 11 is 0. The number of aryl methyl sites for hydroxylation is 1. The molecule has 0 aromatic heterocycles. The predicted octanol–water partition coefficient (Wildman–Crippen LogP) is 2.12. The third-order valence-electron chi connectivity index (χ3n) is 3.28. The number of primary amides is 1. The molecule has 2 aromatic carbocycles. The number of rotatable bonds is 5. The van der Waals surface area contributed by atoms with Gasteiger partial charge in [0.05, 0.1) is 17.9 Å². The smallest absolute Gasteiger partial charge is 0.229 e. The maximum atomic E-state index is 14.1. The molecule has 1 unspecified atom stereocenters. The molecule has 0 saturated heterocycles. The van der Waals surface area contributed by atoms with Gasteiger partial charge in [0.2, 0.25) is 15.9 Å². The zero-order valence-corrected chi connectivity index (χ0v) is 13.5. The Labute approximate surface area is 134 Å². The molecule has 7 heteroatoms. The molecule has 0 heterocycles.